The van der Waals surface area contributed by atoms with Crippen LogP contribution in [0, 0.1) is 11.3 Å². The van der Waals surface area contributed by atoms with Crippen LogP contribution in [0.3, 0.4) is 0 Å². The number of rotatable bonds is 2. The van der Waals surface area contributed by atoms with Crippen LogP contribution >= 0.6 is 0 Å². The van der Waals surface area contributed by atoms with Crippen molar-refractivity contribution in [2.45, 2.75) is 39.2 Å². The fraction of sp³-hybridized carbons (Fsp3) is 0.429. The van der Waals surface area contributed by atoms with Gasteiger partial charge in [0.25, 0.3) is 0 Å². The summed E-state index contributed by atoms with van der Waals surface area (Å²) >= 11 is 0. The molecule has 1 atom stereocenters. The van der Waals surface area contributed by atoms with Crippen molar-refractivity contribution >= 4 is 11.9 Å². The van der Waals surface area contributed by atoms with Crippen molar-refractivity contribution in [2.24, 2.45) is 0 Å². The van der Waals surface area contributed by atoms with Gasteiger partial charge in [-0.3, -0.25) is 0 Å². The molecule has 2 heterocycles. The Labute approximate surface area is 165 Å². The number of piperazine rings is 1. The highest BCUT2D eigenvalue weighted by Gasteiger charge is 2.29. The Morgan fingerprint density at radius 3 is 2.39 bits per heavy atom. The number of nitrogens with zero attached hydrogens (tertiary/aromatic N) is 5. The zero-order valence-corrected chi connectivity index (χ0v) is 16.7. The molecule has 1 aliphatic rings. The van der Waals surface area contributed by atoms with E-state index in [9.17, 15) is 4.79 Å². The molecule has 0 radical (unpaired) electrons. The van der Waals surface area contributed by atoms with Gasteiger partial charge in [-0.05, 0) is 42.2 Å². The molecule has 1 aromatic carbocycles. The maximum atomic E-state index is 12.5. The molecule has 1 aromatic heterocycles. The highest BCUT2D eigenvalue weighted by atomic mass is 16.6. The molecule has 0 spiro atoms. The van der Waals surface area contributed by atoms with E-state index in [1.807, 2.05) is 37.3 Å². The fourth-order valence-corrected chi connectivity index (χ4v) is 3.19. The largest absolute Gasteiger partial charge is 0.415 e. The highest BCUT2D eigenvalue weighted by molar-refractivity contribution is 5.71. The monoisotopic (exact) mass is 379 g/mol. The van der Waals surface area contributed by atoms with E-state index < -0.39 is 0 Å². The zero-order chi connectivity index (χ0) is 20.3. The average Bonchev–Trinajstić information content (AvgIpc) is 2.68. The van der Waals surface area contributed by atoms with Gasteiger partial charge in [0.05, 0.1) is 0 Å². The molecular formula is C21H25N5O2. The highest BCUT2D eigenvalue weighted by Crippen LogP contribution is 2.25. The van der Waals surface area contributed by atoms with Crippen molar-refractivity contribution in [1.29, 1.82) is 5.26 Å². The van der Waals surface area contributed by atoms with Crippen LogP contribution in [0.5, 0.6) is 5.75 Å². The van der Waals surface area contributed by atoms with E-state index in [0.717, 1.165) is 0 Å². The minimum Gasteiger partial charge on any atom is -0.410 e. The van der Waals surface area contributed by atoms with Crippen LogP contribution in [0.25, 0.3) is 0 Å². The predicted octanol–water partition coefficient (Wildman–Crippen LogP) is 3.36. The van der Waals surface area contributed by atoms with Crippen LogP contribution in [-0.2, 0) is 5.41 Å². The lowest BCUT2D eigenvalue weighted by Gasteiger charge is -2.39. The number of aromatic nitrogens is 2. The molecule has 0 N–H and O–H groups in total. The molecule has 0 aliphatic carbocycles. The molecule has 28 heavy (non-hydrogen) atoms. The SMILES string of the molecule is C[C@H]1CN(C(=O)Oc2ccc(C(C)(C)C)cc2)CCN1c1ccc(C#N)nn1. The van der Waals surface area contributed by atoms with Gasteiger partial charge in [0.15, 0.2) is 11.5 Å². The Balaban J connectivity index is 1.60. The van der Waals surface area contributed by atoms with E-state index in [1.165, 1.54) is 5.56 Å². The third-order valence-electron chi connectivity index (χ3n) is 4.87. The van der Waals surface area contributed by atoms with E-state index in [1.54, 1.807) is 17.0 Å². The van der Waals surface area contributed by atoms with Gasteiger partial charge in [-0.25, -0.2) is 4.79 Å². The summed E-state index contributed by atoms with van der Waals surface area (Å²) in [4.78, 5) is 16.3. The molecule has 0 saturated carbocycles. The second-order valence-corrected chi connectivity index (χ2v) is 8.02. The lowest BCUT2D eigenvalue weighted by molar-refractivity contribution is 0.142. The van der Waals surface area contributed by atoms with E-state index >= 15 is 0 Å². The molecule has 0 unspecified atom stereocenters. The third-order valence-corrected chi connectivity index (χ3v) is 4.87. The summed E-state index contributed by atoms with van der Waals surface area (Å²) in [7, 11) is 0. The predicted molar refractivity (Wildman–Crippen MR) is 106 cm³/mol. The number of carbonyl (C=O) groups is 1. The van der Waals surface area contributed by atoms with Crippen LogP contribution in [0.1, 0.15) is 39.0 Å². The lowest BCUT2D eigenvalue weighted by atomic mass is 9.87. The number of ether oxygens (including phenoxy) is 1. The molecule has 1 fully saturated rings. The van der Waals surface area contributed by atoms with Gasteiger partial charge >= 0.3 is 6.09 Å². The molecule has 1 saturated heterocycles. The van der Waals surface area contributed by atoms with Crippen LogP contribution in [0.2, 0.25) is 0 Å². The van der Waals surface area contributed by atoms with E-state index in [0.29, 0.717) is 31.2 Å². The lowest BCUT2D eigenvalue weighted by Crippen LogP contribution is -2.54. The van der Waals surface area contributed by atoms with Gasteiger partial charge < -0.3 is 14.5 Å². The van der Waals surface area contributed by atoms with Gasteiger partial charge in [0, 0.05) is 25.7 Å². The summed E-state index contributed by atoms with van der Waals surface area (Å²) in [5.41, 5.74) is 1.54. The summed E-state index contributed by atoms with van der Waals surface area (Å²) < 4.78 is 5.55. The van der Waals surface area contributed by atoms with Gasteiger partial charge in [-0.15, -0.1) is 10.2 Å². The van der Waals surface area contributed by atoms with Gasteiger partial charge in [0.1, 0.15) is 11.8 Å². The number of hydrogen-bond acceptors (Lipinski definition) is 6. The molecule has 2 aromatic rings. The Hall–Kier alpha value is -3.14. The van der Waals surface area contributed by atoms with Crippen molar-refractivity contribution in [3.8, 4) is 11.8 Å². The normalized spacial score (nSPS) is 17.2. The number of amides is 1. The minimum atomic E-state index is -0.346. The van der Waals surface area contributed by atoms with Crippen molar-refractivity contribution in [3.05, 3.63) is 47.7 Å². The first kappa shape index (κ1) is 19.6. The zero-order valence-electron chi connectivity index (χ0n) is 16.7. The van der Waals surface area contributed by atoms with Crippen LogP contribution < -0.4 is 9.64 Å². The van der Waals surface area contributed by atoms with Gasteiger partial charge in [-0.1, -0.05) is 32.9 Å². The smallest absolute Gasteiger partial charge is 0.410 e. The summed E-state index contributed by atoms with van der Waals surface area (Å²) in [5.74, 6) is 1.25. The van der Waals surface area contributed by atoms with Gasteiger partial charge in [0.2, 0.25) is 0 Å². The summed E-state index contributed by atoms with van der Waals surface area (Å²) in [5, 5.41) is 16.8. The number of nitriles is 1. The molecular weight excluding hydrogens is 354 g/mol. The number of carbonyl (C=O) groups excluding carboxylic acids is 1. The van der Waals surface area contributed by atoms with Crippen molar-refractivity contribution in [2.75, 3.05) is 24.5 Å². The van der Waals surface area contributed by atoms with Crippen molar-refractivity contribution in [1.82, 2.24) is 15.1 Å². The molecule has 1 aliphatic heterocycles. The Morgan fingerprint density at radius 2 is 1.86 bits per heavy atom. The Morgan fingerprint density at radius 1 is 1.14 bits per heavy atom. The molecule has 1 amide bonds. The van der Waals surface area contributed by atoms with Crippen molar-refractivity contribution < 1.29 is 9.53 Å². The number of hydrogen-bond donors (Lipinski definition) is 0. The maximum absolute atomic E-state index is 12.5. The number of anilines is 1. The molecule has 0 bridgehead atoms. The molecule has 3 rings (SSSR count). The Bertz CT molecular complexity index is 866. The topological polar surface area (TPSA) is 82.4 Å². The van der Waals surface area contributed by atoms with Crippen LogP contribution in [-0.4, -0.2) is 46.9 Å². The Kier molecular flexibility index (Phi) is 5.50. The summed E-state index contributed by atoms with van der Waals surface area (Å²) in [6, 6.07) is 13.1. The average molecular weight is 379 g/mol. The number of benzene rings is 1. The van der Waals surface area contributed by atoms with Crippen LogP contribution in [0.4, 0.5) is 10.6 Å². The van der Waals surface area contributed by atoms with Gasteiger partial charge in [-0.2, -0.15) is 5.26 Å². The second-order valence-electron chi connectivity index (χ2n) is 8.02. The standard InChI is InChI=1S/C21H25N5O2/c1-15-14-25(11-12-26(15)19-10-7-17(13-22)23-24-19)20(27)28-18-8-5-16(6-9-18)21(2,3)4/h5-10,15H,11-12,14H2,1-4H3/t15-/m0/s1. The maximum Gasteiger partial charge on any atom is 0.415 e. The first-order chi connectivity index (χ1) is 13.3. The quantitative estimate of drug-likeness (QED) is 0.796. The molecule has 7 nitrogen and oxygen atoms in total. The van der Waals surface area contributed by atoms with E-state index in [-0.39, 0.29) is 23.2 Å². The first-order valence-electron chi connectivity index (χ1n) is 9.35. The summed E-state index contributed by atoms with van der Waals surface area (Å²) in [6.45, 7) is 10.1. The summed E-state index contributed by atoms with van der Waals surface area (Å²) in [6.07, 6.45) is -0.346. The van der Waals surface area contributed by atoms with Crippen LogP contribution in [0.15, 0.2) is 36.4 Å². The van der Waals surface area contributed by atoms with E-state index in [2.05, 4.69) is 35.9 Å². The minimum absolute atomic E-state index is 0.0582. The third kappa shape index (κ3) is 4.39. The first-order valence-corrected chi connectivity index (χ1v) is 9.35. The molecule has 146 valence electrons. The molecule has 7 heteroatoms. The second kappa shape index (κ2) is 7.85. The van der Waals surface area contributed by atoms with E-state index in [4.69, 9.17) is 10.00 Å². The fourth-order valence-electron chi connectivity index (χ4n) is 3.19. The van der Waals surface area contributed by atoms with Crippen molar-refractivity contribution in [3.63, 3.8) is 0 Å².